The zero-order chi connectivity index (χ0) is 41.5. The second kappa shape index (κ2) is 22.6. The first-order valence-electron chi connectivity index (χ1n) is 20.2. The number of thioether (sulfide) groups is 1. The molecule has 6 N–H and O–H groups in total. The van der Waals surface area contributed by atoms with Crippen LogP contribution in [0.15, 0.2) is 30.3 Å². The van der Waals surface area contributed by atoms with E-state index in [1.807, 2.05) is 50.4 Å². The molecular formula is C41H65N7O7S. The van der Waals surface area contributed by atoms with E-state index >= 15 is 4.79 Å². The van der Waals surface area contributed by atoms with Crippen LogP contribution in [0, 0.1) is 17.8 Å². The summed E-state index contributed by atoms with van der Waals surface area (Å²) in [6.45, 7) is 11.9. The molecule has 0 radical (unpaired) electrons. The summed E-state index contributed by atoms with van der Waals surface area (Å²) >= 11 is 1.47. The number of benzene rings is 1. The molecule has 1 aliphatic carbocycles. The fraction of sp³-hybridized carbons (Fsp3) is 0.683. The molecule has 7 amide bonds. The summed E-state index contributed by atoms with van der Waals surface area (Å²) in [5.41, 5.74) is 0.737. The van der Waals surface area contributed by atoms with Crippen molar-refractivity contribution < 1.29 is 33.6 Å². The van der Waals surface area contributed by atoms with E-state index in [2.05, 4.69) is 31.9 Å². The molecule has 15 heteroatoms. The maximum absolute atomic E-state index is 15.0. The van der Waals surface area contributed by atoms with Crippen LogP contribution in [0.4, 0.5) is 0 Å². The number of nitrogens with zero attached hydrogens (tertiary/aromatic N) is 1. The van der Waals surface area contributed by atoms with Gasteiger partial charge in [0.1, 0.15) is 36.3 Å². The molecule has 14 nitrogen and oxygen atoms in total. The number of rotatable bonds is 12. The summed E-state index contributed by atoms with van der Waals surface area (Å²) in [5, 5.41) is 16.9. The van der Waals surface area contributed by atoms with Crippen LogP contribution in [0.25, 0.3) is 0 Å². The van der Waals surface area contributed by atoms with Crippen molar-refractivity contribution in [2.45, 2.75) is 142 Å². The number of hydrogen-bond donors (Lipinski definition) is 6. The first kappa shape index (κ1) is 46.2. The Labute approximate surface area is 337 Å². The largest absolute Gasteiger partial charge is 0.352 e. The van der Waals surface area contributed by atoms with E-state index in [1.54, 1.807) is 27.7 Å². The van der Waals surface area contributed by atoms with Gasteiger partial charge in [-0.05, 0) is 67.9 Å². The SMILES string of the molecule is CSCC[C@@H]1NC(=O)[C@H](CC(C)C)NC(=O)CNC(=O)[C@H](C(C)C)NC(=O)[C@H](Cc2ccccc2)NC(=O)[C@H](C)N(C(C(=O)NC2CCCCC2)C(C)C)C1=O. The van der Waals surface area contributed by atoms with E-state index in [1.165, 1.54) is 23.6 Å². The van der Waals surface area contributed by atoms with Crippen molar-refractivity contribution in [3.05, 3.63) is 35.9 Å². The Kier molecular flexibility index (Phi) is 18.6. The maximum atomic E-state index is 15.0. The predicted octanol–water partition coefficient (Wildman–Crippen LogP) is 2.44. The first-order chi connectivity index (χ1) is 26.5. The highest BCUT2D eigenvalue weighted by atomic mass is 32.2. The minimum Gasteiger partial charge on any atom is -0.352 e. The smallest absolute Gasteiger partial charge is 0.246 e. The zero-order valence-corrected chi connectivity index (χ0v) is 35.3. The second-order valence-corrected chi connectivity index (χ2v) is 17.2. The molecule has 1 aliphatic heterocycles. The first-order valence-corrected chi connectivity index (χ1v) is 21.6. The average Bonchev–Trinajstić information content (AvgIpc) is 3.15. The normalized spacial score (nSPS) is 24.8. The second-order valence-electron chi connectivity index (χ2n) is 16.2. The van der Waals surface area contributed by atoms with Crippen LogP contribution in [0.3, 0.4) is 0 Å². The Hall–Kier alpha value is -4.14. The van der Waals surface area contributed by atoms with Crippen molar-refractivity contribution in [2.75, 3.05) is 18.6 Å². The van der Waals surface area contributed by atoms with Gasteiger partial charge in [0.25, 0.3) is 0 Å². The third kappa shape index (κ3) is 13.8. The van der Waals surface area contributed by atoms with Gasteiger partial charge in [0, 0.05) is 12.5 Å². The topological polar surface area (TPSA) is 195 Å². The highest BCUT2D eigenvalue weighted by Crippen LogP contribution is 2.23. The van der Waals surface area contributed by atoms with Crippen LogP contribution in [0.1, 0.15) is 99.0 Å². The van der Waals surface area contributed by atoms with Crippen LogP contribution < -0.4 is 31.9 Å². The maximum Gasteiger partial charge on any atom is 0.246 e. The van der Waals surface area contributed by atoms with Gasteiger partial charge >= 0.3 is 0 Å². The fourth-order valence-corrected chi connectivity index (χ4v) is 7.76. The van der Waals surface area contributed by atoms with Crippen LogP contribution in [0.2, 0.25) is 0 Å². The van der Waals surface area contributed by atoms with Gasteiger partial charge in [-0.25, -0.2) is 0 Å². The molecule has 1 saturated heterocycles. The van der Waals surface area contributed by atoms with Gasteiger partial charge in [-0.1, -0.05) is 91.1 Å². The van der Waals surface area contributed by atoms with Crippen LogP contribution in [-0.4, -0.2) is 107 Å². The van der Waals surface area contributed by atoms with Crippen LogP contribution in [0.5, 0.6) is 0 Å². The zero-order valence-electron chi connectivity index (χ0n) is 34.4. The van der Waals surface area contributed by atoms with Gasteiger partial charge in [-0.15, -0.1) is 0 Å². The van der Waals surface area contributed by atoms with Gasteiger partial charge in [0.2, 0.25) is 41.4 Å². The van der Waals surface area contributed by atoms with Gasteiger partial charge in [-0.2, -0.15) is 11.8 Å². The molecule has 312 valence electrons. The fourth-order valence-electron chi connectivity index (χ4n) is 7.29. The summed E-state index contributed by atoms with van der Waals surface area (Å²) < 4.78 is 0. The number of carbonyl (C=O) groups is 7. The summed E-state index contributed by atoms with van der Waals surface area (Å²) in [7, 11) is 0. The summed E-state index contributed by atoms with van der Waals surface area (Å²) in [6, 6.07) is 2.15. The minimum absolute atomic E-state index is 0.0303. The molecule has 56 heavy (non-hydrogen) atoms. The lowest BCUT2D eigenvalue weighted by Gasteiger charge is -2.40. The van der Waals surface area contributed by atoms with Gasteiger partial charge < -0.3 is 36.8 Å². The molecule has 1 heterocycles. The van der Waals surface area contributed by atoms with E-state index in [0.29, 0.717) is 5.75 Å². The molecule has 3 rings (SSSR count). The quantitative estimate of drug-likeness (QED) is 0.186. The molecule has 2 aliphatic rings. The van der Waals surface area contributed by atoms with Crippen LogP contribution >= 0.6 is 11.8 Å². The van der Waals surface area contributed by atoms with Gasteiger partial charge in [-0.3, -0.25) is 33.6 Å². The third-order valence-electron chi connectivity index (χ3n) is 10.4. The molecule has 1 saturated carbocycles. The average molecular weight is 800 g/mol. The summed E-state index contributed by atoms with van der Waals surface area (Å²) in [4.78, 5) is 99.8. The van der Waals surface area contributed by atoms with E-state index in [-0.39, 0.29) is 31.2 Å². The molecule has 6 atom stereocenters. The van der Waals surface area contributed by atoms with Crippen molar-refractivity contribution >= 4 is 53.1 Å². The Bertz CT molecular complexity index is 1500. The standard InChI is InChI=1S/C41H65N7O7S/c1-24(2)21-31-37(51)45-30(19-20-56-8)41(55)48(35(26(5)6)40(54)43-29-17-13-10-14-18-29)27(7)36(50)46-32(22-28-15-11-9-12-16-28)38(52)47-34(25(3)4)39(53)42-23-33(49)44-31/h9,11-12,15-16,24-27,29-32,34-35H,10,13-14,17-23H2,1-8H3,(H,42,53)(H,43,54)(H,44,49)(H,45,51)(H,46,50)(H,47,52)/t27-,30-,31-,32-,34-,35?/m0/s1. The molecule has 1 unspecified atom stereocenters. The van der Waals surface area contributed by atoms with E-state index in [0.717, 1.165) is 37.7 Å². The predicted molar refractivity (Wildman–Crippen MR) is 218 cm³/mol. The summed E-state index contributed by atoms with van der Waals surface area (Å²) in [5.74, 6) is -4.58. The minimum atomic E-state index is -1.28. The van der Waals surface area contributed by atoms with Crippen molar-refractivity contribution in [1.29, 1.82) is 0 Å². The molecule has 0 bridgehead atoms. The lowest BCUT2D eigenvalue weighted by molar-refractivity contribution is -0.152. The highest BCUT2D eigenvalue weighted by molar-refractivity contribution is 7.98. The molecular weight excluding hydrogens is 735 g/mol. The monoisotopic (exact) mass is 799 g/mol. The Morgan fingerprint density at radius 2 is 1.43 bits per heavy atom. The molecule has 2 fully saturated rings. The third-order valence-corrected chi connectivity index (χ3v) is 11.0. The number of carbonyl (C=O) groups excluding carboxylic acids is 7. The van der Waals surface area contributed by atoms with E-state index < -0.39 is 96.0 Å². The van der Waals surface area contributed by atoms with Crippen molar-refractivity contribution in [3.63, 3.8) is 0 Å². The summed E-state index contributed by atoms with van der Waals surface area (Å²) in [6.07, 6.45) is 6.99. The highest BCUT2D eigenvalue weighted by Gasteiger charge is 2.43. The molecule has 1 aromatic rings. The Morgan fingerprint density at radius 3 is 2.02 bits per heavy atom. The lowest BCUT2D eigenvalue weighted by atomic mass is 9.93. The van der Waals surface area contributed by atoms with Crippen molar-refractivity contribution in [2.24, 2.45) is 17.8 Å². The molecule has 0 spiro atoms. The lowest BCUT2D eigenvalue weighted by Crippen LogP contribution is -2.65. The molecule has 1 aromatic carbocycles. The number of amides is 7. The van der Waals surface area contributed by atoms with Crippen molar-refractivity contribution in [1.82, 2.24) is 36.8 Å². The Morgan fingerprint density at radius 1 is 0.804 bits per heavy atom. The van der Waals surface area contributed by atoms with E-state index in [4.69, 9.17) is 0 Å². The van der Waals surface area contributed by atoms with Crippen LogP contribution in [-0.2, 0) is 40.0 Å². The Balaban J connectivity index is 2.18. The molecule has 0 aromatic heterocycles. The number of nitrogens with one attached hydrogen (secondary N) is 6. The number of hydrogen-bond acceptors (Lipinski definition) is 8. The van der Waals surface area contributed by atoms with E-state index in [9.17, 15) is 28.8 Å². The van der Waals surface area contributed by atoms with Crippen molar-refractivity contribution in [3.8, 4) is 0 Å². The van der Waals surface area contributed by atoms with Gasteiger partial charge in [0.15, 0.2) is 0 Å². The van der Waals surface area contributed by atoms with Gasteiger partial charge in [0.05, 0.1) is 6.54 Å².